The molecule has 2 unspecified atom stereocenters. The minimum absolute atomic E-state index is 0.0586. The van der Waals surface area contributed by atoms with Gasteiger partial charge in [-0.05, 0) is 56.0 Å². The summed E-state index contributed by atoms with van der Waals surface area (Å²) in [6.07, 6.45) is 7.24. The van der Waals surface area contributed by atoms with Crippen molar-refractivity contribution in [1.29, 1.82) is 0 Å². The van der Waals surface area contributed by atoms with Crippen molar-refractivity contribution in [3.8, 4) is 5.82 Å². The normalized spacial score (nSPS) is 20.2. The van der Waals surface area contributed by atoms with E-state index in [9.17, 15) is 10.1 Å². The number of non-ortho nitro benzene ring substituents is 1. The maximum Gasteiger partial charge on any atom is 0.269 e. The van der Waals surface area contributed by atoms with E-state index in [2.05, 4.69) is 48.7 Å². The highest BCUT2D eigenvalue weighted by Gasteiger charge is 2.37. The Balaban J connectivity index is 1.24. The van der Waals surface area contributed by atoms with E-state index in [1.165, 1.54) is 31.0 Å². The highest BCUT2D eigenvalue weighted by atomic mass is 16.6. The summed E-state index contributed by atoms with van der Waals surface area (Å²) >= 11 is 0. The van der Waals surface area contributed by atoms with Crippen LogP contribution in [0, 0.1) is 10.1 Å². The van der Waals surface area contributed by atoms with Gasteiger partial charge < -0.3 is 10.2 Å². The Labute approximate surface area is 202 Å². The molecule has 0 spiro atoms. The first-order valence-corrected chi connectivity index (χ1v) is 11.9. The maximum absolute atomic E-state index is 11.1. The third kappa shape index (κ3) is 3.95. The van der Waals surface area contributed by atoms with Crippen molar-refractivity contribution in [3.63, 3.8) is 0 Å². The fourth-order valence-electron chi connectivity index (χ4n) is 5.27. The van der Waals surface area contributed by atoms with Crippen LogP contribution in [-0.4, -0.2) is 43.2 Å². The Morgan fingerprint density at radius 2 is 2.09 bits per heavy atom. The van der Waals surface area contributed by atoms with Crippen LogP contribution < -0.4 is 15.5 Å². The van der Waals surface area contributed by atoms with Crippen LogP contribution in [0.4, 0.5) is 17.3 Å². The van der Waals surface area contributed by atoms with Gasteiger partial charge in [0.05, 0.1) is 28.7 Å². The second kappa shape index (κ2) is 8.62. The minimum Gasteiger partial charge on any atom is -0.354 e. The Morgan fingerprint density at radius 1 is 1.17 bits per heavy atom. The van der Waals surface area contributed by atoms with Gasteiger partial charge in [-0.1, -0.05) is 12.1 Å². The summed E-state index contributed by atoms with van der Waals surface area (Å²) in [5.41, 5.74) is 3.93. The number of nitrogens with zero attached hydrogens (tertiary/aromatic N) is 6. The molecule has 10 heteroatoms. The van der Waals surface area contributed by atoms with E-state index < -0.39 is 4.92 Å². The van der Waals surface area contributed by atoms with Crippen LogP contribution in [0.5, 0.6) is 0 Å². The number of nitrogens with one attached hydrogen (secondary N) is 2. The molecule has 1 saturated carbocycles. The third-order valence-corrected chi connectivity index (χ3v) is 7.08. The van der Waals surface area contributed by atoms with E-state index >= 15 is 0 Å². The average Bonchev–Trinajstić information content (AvgIpc) is 3.60. The maximum atomic E-state index is 11.1. The molecular formula is C25H26N8O2. The van der Waals surface area contributed by atoms with E-state index in [4.69, 9.17) is 0 Å². The number of rotatable bonds is 6. The van der Waals surface area contributed by atoms with Gasteiger partial charge in [0.1, 0.15) is 12.1 Å². The molecule has 3 heterocycles. The zero-order valence-electron chi connectivity index (χ0n) is 19.3. The second-order valence-electron chi connectivity index (χ2n) is 9.18. The summed E-state index contributed by atoms with van der Waals surface area (Å²) in [4.78, 5) is 26.8. The van der Waals surface area contributed by atoms with Crippen molar-refractivity contribution in [2.75, 3.05) is 16.9 Å². The molecular weight excluding hydrogens is 444 g/mol. The van der Waals surface area contributed by atoms with Gasteiger partial charge in [0.2, 0.25) is 5.95 Å². The third-order valence-electron chi connectivity index (χ3n) is 7.08. The van der Waals surface area contributed by atoms with Crippen LogP contribution in [0.1, 0.15) is 37.8 Å². The van der Waals surface area contributed by atoms with Gasteiger partial charge in [-0.25, -0.2) is 9.97 Å². The molecule has 1 aliphatic carbocycles. The number of hydrogen-bond acceptors (Lipinski definition) is 8. The predicted octanol–water partition coefficient (Wildman–Crippen LogP) is 4.19. The van der Waals surface area contributed by atoms with Crippen molar-refractivity contribution < 1.29 is 4.92 Å². The molecule has 2 fully saturated rings. The van der Waals surface area contributed by atoms with Crippen molar-refractivity contribution in [2.24, 2.45) is 0 Å². The van der Waals surface area contributed by atoms with E-state index in [0.29, 0.717) is 23.8 Å². The lowest BCUT2D eigenvalue weighted by molar-refractivity contribution is -0.384. The van der Waals surface area contributed by atoms with Crippen LogP contribution in [0.2, 0.25) is 0 Å². The molecule has 0 bridgehead atoms. The molecule has 35 heavy (non-hydrogen) atoms. The van der Waals surface area contributed by atoms with Crippen molar-refractivity contribution in [1.82, 2.24) is 24.8 Å². The summed E-state index contributed by atoms with van der Waals surface area (Å²) in [5, 5.41) is 18.0. The number of nitro benzene ring substituents is 1. The lowest BCUT2D eigenvalue weighted by Gasteiger charge is -2.24. The molecule has 2 N–H and O–H groups in total. The average molecular weight is 471 g/mol. The predicted molar refractivity (Wildman–Crippen MR) is 134 cm³/mol. The quantitative estimate of drug-likeness (QED) is 0.319. The van der Waals surface area contributed by atoms with Crippen LogP contribution in [0.25, 0.3) is 16.9 Å². The molecule has 3 atom stereocenters. The highest BCUT2D eigenvalue weighted by molar-refractivity contribution is 5.81. The summed E-state index contributed by atoms with van der Waals surface area (Å²) < 4.78 is 1.95. The number of anilines is 2. The van der Waals surface area contributed by atoms with Crippen molar-refractivity contribution in [2.45, 2.75) is 44.3 Å². The molecule has 4 aromatic rings. The van der Waals surface area contributed by atoms with Gasteiger partial charge in [-0.3, -0.25) is 20.0 Å². The zero-order chi connectivity index (χ0) is 23.9. The Hall–Kier alpha value is -4.05. The van der Waals surface area contributed by atoms with Crippen molar-refractivity contribution >= 4 is 28.4 Å². The van der Waals surface area contributed by atoms with Crippen LogP contribution in [-0.2, 0) is 0 Å². The lowest BCUT2D eigenvalue weighted by atomic mass is 10.1. The minimum atomic E-state index is -0.394. The molecule has 178 valence electrons. The zero-order valence-corrected chi connectivity index (χ0v) is 19.3. The molecule has 1 saturated heterocycles. The van der Waals surface area contributed by atoms with Gasteiger partial charge >= 0.3 is 0 Å². The Bertz CT molecular complexity index is 1400. The number of fused-ring (bicyclic) bond motifs is 2. The standard InChI is InChI=1S/C25H26N8O2/c1-16(17-4-2-5-19(12-17)33(34)35)29-25-26-11-10-24(30-25)32-15-28-21-13-18(8-9-23(21)32)31-14-27-20-6-3-7-22(20)31/h2,4-5,8-13,15-16,20,22,27H,3,6-7,14H2,1H3,(H,26,29,30)/t16-,20?,22?/m0/s1. The smallest absolute Gasteiger partial charge is 0.269 e. The number of hydrogen-bond donors (Lipinski definition) is 2. The Morgan fingerprint density at radius 3 is 2.97 bits per heavy atom. The first-order chi connectivity index (χ1) is 17.1. The molecule has 0 amide bonds. The first kappa shape index (κ1) is 21.5. The lowest BCUT2D eigenvalue weighted by Crippen LogP contribution is -2.31. The molecule has 2 aromatic heterocycles. The van der Waals surface area contributed by atoms with Gasteiger partial charge in [0.25, 0.3) is 5.69 Å². The molecule has 2 aliphatic rings. The van der Waals surface area contributed by atoms with Crippen molar-refractivity contribution in [3.05, 3.63) is 76.7 Å². The molecule has 2 aromatic carbocycles. The van der Waals surface area contributed by atoms with Gasteiger partial charge in [0.15, 0.2) is 0 Å². The number of nitro groups is 1. The van der Waals surface area contributed by atoms with E-state index in [1.54, 1.807) is 24.7 Å². The SMILES string of the molecule is C[C@H](Nc1nccc(-n2cnc3cc(N4CNC5CCCC54)ccc32)n1)c1cccc([N+](=O)[O-])c1. The van der Waals surface area contributed by atoms with Gasteiger partial charge in [-0.15, -0.1) is 0 Å². The molecule has 10 nitrogen and oxygen atoms in total. The molecule has 0 radical (unpaired) electrons. The number of aromatic nitrogens is 4. The molecule has 1 aliphatic heterocycles. The summed E-state index contributed by atoms with van der Waals surface area (Å²) in [7, 11) is 0. The number of imidazole rings is 1. The van der Waals surface area contributed by atoms with E-state index in [0.717, 1.165) is 23.3 Å². The summed E-state index contributed by atoms with van der Waals surface area (Å²) in [6.45, 7) is 2.80. The topological polar surface area (TPSA) is 114 Å². The highest BCUT2D eigenvalue weighted by Crippen LogP contribution is 2.33. The second-order valence-corrected chi connectivity index (χ2v) is 9.18. The first-order valence-electron chi connectivity index (χ1n) is 11.9. The van der Waals surface area contributed by atoms with E-state index in [1.807, 2.05) is 23.6 Å². The van der Waals surface area contributed by atoms with Gasteiger partial charge in [-0.2, -0.15) is 4.98 Å². The largest absolute Gasteiger partial charge is 0.354 e. The summed E-state index contributed by atoms with van der Waals surface area (Å²) in [5.74, 6) is 1.14. The van der Waals surface area contributed by atoms with Crippen LogP contribution >= 0.6 is 0 Å². The van der Waals surface area contributed by atoms with E-state index in [-0.39, 0.29) is 11.7 Å². The fourth-order valence-corrected chi connectivity index (χ4v) is 5.27. The monoisotopic (exact) mass is 470 g/mol. The van der Waals surface area contributed by atoms with Crippen LogP contribution in [0.3, 0.4) is 0 Å². The molecule has 6 rings (SSSR count). The summed E-state index contributed by atoms with van der Waals surface area (Å²) in [6, 6.07) is 15.8. The number of benzene rings is 2. The fraction of sp³-hybridized carbons (Fsp3) is 0.320. The van der Waals surface area contributed by atoms with Crippen LogP contribution in [0.15, 0.2) is 61.1 Å². The van der Waals surface area contributed by atoms with Gasteiger partial charge in [0, 0.05) is 36.1 Å². The Kier molecular flexibility index (Phi) is 5.29.